The van der Waals surface area contributed by atoms with Gasteiger partial charge in [-0.05, 0) is 65.8 Å². The molecule has 60 heavy (non-hydrogen) atoms. The van der Waals surface area contributed by atoms with E-state index in [0.717, 1.165) is 18.4 Å². The highest BCUT2D eigenvalue weighted by atomic mass is 35.5. The number of fused-ring (bicyclic) bond motifs is 5. The van der Waals surface area contributed by atoms with Gasteiger partial charge >= 0.3 is 6.18 Å². The number of anilines is 2. The Morgan fingerprint density at radius 3 is 2.42 bits per heavy atom. The SMILES string of the molecule is Cn1nc(NS(C)(=O)=O)c2c(Cl)ccc(N3Cc4ccc(CCC(F)(F)F)cc4N=C3[C@H](Cc3cc(F)cc(F)c3)NC(=O)Cn3nc(C(F)F)c4c3C(F)(F)[C@@H]3C[C@H]43)c21. The molecule has 0 bridgehead atoms. The largest absolute Gasteiger partial charge is 0.389 e. The fraction of sp³-hybridized carbons (Fsp3) is 0.368. The molecule has 3 atom stereocenters. The molecule has 3 aromatic carbocycles. The summed E-state index contributed by atoms with van der Waals surface area (Å²) in [6, 6.07) is 8.58. The standard InChI is InChI=1S/C38H32ClF9N8O3S/c1-54-32-27(6-5-24(39)30(32)35(52-54)53-60(2,58)59)55-15-19-4-3-17(7-8-37(44,45)46)11-25(19)50-36(55)26(12-18-9-20(40)13-21(41)10-18)49-28(57)16-56-33-29(31(51-56)34(42)43)22-14-23(22)38(33,47)48/h3-6,9-11,13,22-23,26,34H,7-8,12,14-16H2,1-2H3,(H,49,57)(H,52,53)/t22-,23+,26-/m0/s1. The monoisotopic (exact) mass is 886 g/mol. The highest BCUT2D eigenvalue weighted by molar-refractivity contribution is 7.92. The molecule has 2 aliphatic carbocycles. The van der Waals surface area contributed by atoms with Crippen molar-refractivity contribution in [3.63, 3.8) is 0 Å². The predicted octanol–water partition coefficient (Wildman–Crippen LogP) is 8.19. The topological polar surface area (TPSA) is 127 Å². The lowest BCUT2D eigenvalue weighted by molar-refractivity contribution is -0.134. The first-order valence-electron chi connectivity index (χ1n) is 18.3. The van der Waals surface area contributed by atoms with Gasteiger partial charge in [-0.3, -0.25) is 18.9 Å². The van der Waals surface area contributed by atoms with Gasteiger partial charge in [0, 0.05) is 37.4 Å². The van der Waals surface area contributed by atoms with Crippen molar-refractivity contribution in [1.82, 2.24) is 24.9 Å². The van der Waals surface area contributed by atoms with Crippen LogP contribution in [-0.4, -0.2) is 58.2 Å². The second-order valence-corrected chi connectivity index (χ2v) is 17.2. The number of aliphatic imine (C=N–C) groups is 1. The van der Waals surface area contributed by atoms with Crippen LogP contribution in [0.4, 0.5) is 56.7 Å². The van der Waals surface area contributed by atoms with E-state index in [9.17, 15) is 43.9 Å². The predicted molar refractivity (Wildman–Crippen MR) is 202 cm³/mol. The van der Waals surface area contributed by atoms with Crippen LogP contribution < -0.4 is 14.9 Å². The summed E-state index contributed by atoms with van der Waals surface area (Å²) in [5, 5.41) is 10.9. The summed E-state index contributed by atoms with van der Waals surface area (Å²) in [6.07, 6.45) is -8.76. The van der Waals surface area contributed by atoms with E-state index in [1.165, 1.54) is 36.0 Å². The number of benzene rings is 3. The third-order valence-electron chi connectivity index (χ3n) is 10.6. The van der Waals surface area contributed by atoms with Crippen LogP contribution in [0.15, 0.2) is 53.5 Å². The Hall–Kier alpha value is -5.31. The van der Waals surface area contributed by atoms with E-state index in [1.807, 2.05) is 0 Å². The fourth-order valence-corrected chi connectivity index (χ4v) is 8.88. The van der Waals surface area contributed by atoms with Crippen LogP contribution in [0.5, 0.6) is 0 Å². The Kier molecular flexibility index (Phi) is 10.2. The van der Waals surface area contributed by atoms with Crippen molar-refractivity contribution in [2.45, 2.75) is 69.3 Å². The highest BCUT2D eigenvalue weighted by Gasteiger charge is 2.67. The van der Waals surface area contributed by atoms with E-state index in [4.69, 9.17) is 16.6 Å². The van der Waals surface area contributed by atoms with Crippen LogP contribution in [0.3, 0.4) is 0 Å². The average molecular weight is 887 g/mol. The molecule has 0 unspecified atom stereocenters. The quantitative estimate of drug-likeness (QED) is 0.122. The third kappa shape index (κ3) is 7.88. The minimum Gasteiger partial charge on any atom is -0.344 e. The Balaban J connectivity index is 1.26. The number of carbonyl (C=O) groups excluding carboxylic acids is 1. The molecule has 1 aliphatic heterocycles. The first kappa shape index (κ1) is 41.4. The van der Waals surface area contributed by atoms with Crippen molar-refractivity contribution < 1.29 is 52.7 Å². The smallest absolute Gasteiger partial charge is 0.344 e. The lowest BCUT2D eigenvalue weighted by Crippen LogP contribution is -2.51. The zero-order valence-electron chi connectivity index (χ0n) is 31.3. The molecule has 1 amide bonds. The van der Waals surface area contributed by atoms with Crippen molar-refractivity contribution >= 4 is 61.5 Å². The maximum atomic E-state index is 15.4. The maximum absolute atomic E-state index is 15.4. The summed E-state index contributed by atoms with van der Waals surface area (Å²) in [5.74, 6) is -8.81. The molecule has 0 radical (unpaired) electrons. The zero-order chi connectivity index (χ0) is 43.2. The molecule has 0 saturated heterocycles. The summed E-state index contributed by atoms with van der Waals surface area (Å²) in [5.41, 5.74) is -0.572. The molecular formula is C38H32ClF9N8O3S. The first-order valence-corrected chi connectivity index (χ1v) is 20.5. The molecule has 11 nitrogen and oxygen atoms in total. The van der Waals surface area contributed by atoms with Crippen molar-refractivity contribution in [3.8, 4) is 0 Å². The van der Waals surface area contributed by atoms with Crippen molar-refractivity contribution in [2.75, 3.05) is 15.9 Å². The number of alkyl halides is 7. The number of hydrogen-bond donors (Lipinski definition) is 2. The van der Waals surface area contributed by atoms with Gasteiger partial charge in [-0.15, -0.1) is 0 Å². The number of sulfonamides is 1. The molecule has 318 valence electrons. The van der Waals surface area contributed by atoms with Gasteiger partial charge in [-0.1, -0.05) is 23.7 Å². The average Bonchev–Trinajstić information content (AvgIpc) is 3.68. The Labute approximate surface area is 340 Å². The second-order valence-electron chi connectivity index (χ2n) is 15.1. The van der Waals surface area contributed by atoms with Crippen molar-refractivity contribution in [3.05, 3.63) is 98.8 Å². The number of hydrogen-bond acceptors (Lipinski definition) is 7. The van der Waals surface area contributed by atoms with Crippen LogP contribution in [0, 0.1) is 17.6 Å². The summed E-state index contributed by atoms with van der Waals surface area (Å²) in [6.45, 7) is -1.08. The highest BCUT2D eigenvalue weighted by Crippen LogP contribution is 2.68. The molecule has 2 aromatic heterocycles. The molecular weight excluding hydrogens is 855 g/mol. The number of amides is 1. The molecule has 3 heterocycles. The van der Waals surface area contributed by atoms with Crippen molar-refractivity contribution in [2.24, 2.45) is 18.0 Å². The maximum Gasteiger partial charge on any atom is 0.389 e. The van der Waals surface area contributed by atoms with Gasteiger partial charge in [0.15, 0.2) is 5.82 Å². The van der Waals surface area contributed by atoms with Gasteiger partial charge < -0.3 is 10.2 Å². The van der Waals surface area contributed by atoms with Gasteiger partial charge in [-0.25, -0.2) is 31.0 Å². The van der Waals surface area contributed by atoms with Gasteiger partial charge in [0.25, 0.3) is 12.3 Å². The number of nitrogens with one attached hydrogen (secondary N) is 2. The number of aryl methyl sites for hydroxylation is 2. The lowest BCUT2D eigenvalue weighted by Gasteiger charge is -2.36. The normalized spacial score (nSPS) is 18.6. The zero-order valence-corrected chi connectivity index (χ0v) is 32.8. The van der Waals surface area contributed by atoms with Crippen LogP contribution in [0.25, 0.3) is 10.9 Å². The number of nitrogens with zero attached hydrogens (tertiary/aromatic N) is 6. The fourth-order valence-electron chi connectivity index (χ4n) is 8.15. The van der Waals surface area contributed by atoms with E-state index < -0.39 is 101 Å². The summed E-state index contributed by atoms with van der Waals surface area (Å²) in [4.78, 5) is 20.4. The number of rotatable bonds is 12. The lowest BCUT2D eigenvalue weighted by atomic mass is 9.99. The van der Waals surface area contributed by atoms with E-state index in [-0.39, 0.29) is 68.6 Å². The number of aromatic nitrogens is 4. The van der Waals surface area contributed by atoms with E-state index in [1.54, 1.807) is 11.0 Å². The Morgan fingerprint density at radius 2 is 1.75 bits per heavy atom. The van der Waals surface area contributed by atoms with Crippen molar-refractivity contribution in [1.29, 1.82) is 0 Å². The molecule has 8 rings (SSSR count). The van der Waals surface area contributed by atoms with Crippen LogP contribution in [-0.2, 0) is 53.7 Å². The number of amidine groups is 1. The molecule has 2 N–H and O–H groups in total. The second kappa shape index (κ2) is 14.7. The van der Waals surface area contributed by atoms with Crippen LogP contribution in [0.2, 0.25) is 5.02 Å². The van der Waals surface area contributed by atoms with Gasteiger partial charge in [0.2, 0.25) is 15.9 Å². The van der Waals surface area contributed by atoms with E-state index in [2.05, 4.69) is 20.2 Å². The third-order valence-corrected chi connectivity index (χ3v) is 11.5. The Morgan fingerprint density at radius 1 is 1.03 bits per heavy atom. The van der Waals surface area contributed by atoms with E-state index >= 15 is 8.78 Å². The molecule has 5 aromatic rings. The van der Waals surface area contributed by atoms with Gasteiger partial charge in [0.1, 0.15) is 35.4 Å². The Bertz CT molecular complexity index is 2700. The molecule has 22 heteroatoms. The summed E-state index contributed by atoms with van der Waals surface area (Å²) < 4.78 is 157. The van der Waals surface area contributed by atoms with Crippen LogP contribution in [0.1, 0.15) is 58.8 Å². The number of carbonyl (C=O) groups is 1. The number of halogens is 10. The summed E-state index contributed by atoms with van der Waals surface area (Å²) in [7, 11) is -2.40. The summed E-state index contributed by atoms with van der Waals surface area (Å²) >= 11 is 6.60. The minimum atomic E-state index is -4.47. The molecule has 1 saturated carbocycles. The van der Waals surface area contributed by atoms with Crippen LogP contribution >= 0.6 is 11.6 Å². The minimum absolute atomic E-state index is 0.0145. The van der Waals surface area contributed by atoms with Gasteiger partial charge in [-0.2, -0.15) is 32.1 Å². The van der Waals surface area contributed by atoms with Gasteiger partial charge in [0.05, 0.1) is 46.1 Å². The first-order chi connectivity index (χ1) is 28.1. The molecule has 1 fully saturated rings. The van der Waals surface area contributed by atoms with E-state index in [0.29, 0.717) is 16.3 Å². The molecule has 3 aliphatic rings. The molecule has 0 spiro atoms.